The number of benzene rings is 1. The second-order valence-corrected chi connectivity index (χ2v) is 6.01. The molecule has 0 aliphatic heterocycles. The number of anilines is 2. The summed E-state index contributed by atoms with van der Waals surface area (Å²) >= 11 is 0. The molecule has 1 aromatic heterocycles. The van der Waals surface area contributed by atoms with E-state index >= 15 is 0 Å². The molecule has 7 nitrogen and oxygen atoms in total. The maximum atomic E-state index is 12.6. The summed E-state index contributed by atoms with van der Waals surface area (Å²) in [4.78, 5) is 38.4. The molecule has 2 rings (SSSR count). The van der Waals surface area contributed by atoms with Crippen LogP contribution in [0.4, 0.5) is 11.5 Å². The van der Waals surface area contributed by atoms with Gasteiger partial charge in [-0.15, -0.1) is 0 Å². The van der Waals surface area contributed by atoms with Gasteiger partial charge >= 0.3 is 5.69 Å². The number of carbonyl (C=O) groups excluding carboxylic acids is 1. The zero-order chi connectivity index (χ0) is 18.2. The predicted molar refractivity (Wildman–Crippen MR) is 94.9 cm³/mol. The highest BCUT2D eigenvalue weighted by molar-refractivity contribution is 6.02. The maximum absolute atomic E-state index is 12.6. The quantitative estimate of drug-likeness (QED) is 0.829. The summed E-state index contributed by atoms with van der Waals surface area (Å²) in [7, 11) is 4.53. The first-order chi connectivity index (χ1) is 11.1. The smallest absolute Gasteiger partial charge is 0.332 e. The molecule has 7 heteroatoms. The molecule has 0 bridgehead atoms. The van der Waals surface area contributed by atoms with Crippen LogP contribution in [0, 0.1) is 13.8 Å². The van der Waals surface area contributed by atoms with E-state index in [1.54, 1.807) is 11.9 Å². The molecule has 0 amide bonds. The van der Waals surface area contributed by atoms with Gasteiger partial charge in [0.2, 0.25) is 0 Å². The molecular weight excluding hydrogens is 308 g/mol. The average molecular weight is 330 g/mol. The van der Waals surface area contributed by atoms with Gasteiger partial charge in [-0.3, -0.25) is 18.7 Å². The highest BCUT2D eigenvalue weighted by Crippen LogP contribution is 2.18. The molecule has 0 atom stereocenters. The lowest BCUT2D eigenvalue weighted by Crippen LogP contribution is -2.43. The van der Waals surface area contributed by atoms with Crippen molar-refractivity contribution in [2.75, 3.05) is 24.2 Å². The summed E-state index contributed by atoms with van der Waals surface area (Å²) in [6.07, 6.45) is 0. The lowest BCUT2D eigenvalue weighted by atomic mass is 10.1. The number of carbonyl (C=O) groups is 1. The highest BCUT2D eigenvalue weighted by Gasteiger charge is 2.21. The van der Waals surface area contributed by atoms with Crippen LogP contribution in [0.25, 0.3) is 0 Å². The Balaban J connectivity index is 2.38. The van der Waals surface area contributed by atoms with Crippen molar-refractivity contribution in [2.45, 2.75) is 13.8 Å². The second-order valence-electron chi connectivity index (χ2n) is 6.01. The number of Topliss-reactive ketones (excluding diaryl/α,β-unsaturated/α-hetero) is 1. The van der Waals surface area contributed by atoms with Crippen LogP contribution < -0.4 is 21.9 Å². The van der Waals surface area contributed by atoms with Crippen molar-refractivity contribution in [1.82, 2.24) is 9.13 Å². The van der Waals surface area contributed by atoms with E-state index in [4.69, 9.17) is 5.73 Å². The molecule has 0 aliphatic rings. The van der Waals surface area contributed by atoms with Gasteiger partial charge in [0.25, 0.3) is 5.56 Å². The van der Waals surface area contributed by atoms with Gasteiger partial charge in [0.1, 0.15) is 11.4 Å². The first-order valence-electron chi connectivity index (χ1n) is 7.52. The number of aryl methyl sites for hydroxylation is 2. The first kappa shape index (κ1) is 17.5. The third-order valence-electron chi connectivity index (χ3n) is 4.30. The third kappa shape index (κ3) is 2.97. The Labute approximate surface area is 139 Å². The molecule has 24 heavy (non-hydrogen) atoms. The number of rotatable bonds is 4. The van der Waals surface area contributed by atoms with Crippen LogP contribution in [-0.2, 0) is 14.1 Å². The molecule has 2 aromatic rings. The topological polar surface area (TPSA) is 90.3 Å². The van der Waals surface area contributed by atoms with E-state index in [1.165, 1.54) is 14.1 Å². The number of nitrogens with zero attached hydrogens (tertiary/aromatic N) is 3. The van der Waals surface area contributed by atoms with Gasteiger partial charge < -0.3 is 10.6 Å². The Morgan fingerprint density at radius 2 is 1.75 bits per heavy atom. The lowest BCUT2D eigenvalue weighted by molar-refractivity contribution is 0.0998. The molecule has 1 aromatic carbocycles. The molecular formula is C17H22N4O3. The van der Waals surface area contributed by atoms with Gasteiger partial charge in [0.15, 0.2) is 5.78 Å². The fourth-order valence-electron chi connectivity index (χ4n) is 2.47. The van der Waals surface area contributed by atoms with Crippen molar-refractivity contribution in [3.05, 3.63) is 55.7 Å². The molecule has 0 fully saturated rings. The number of nitrogen functional groups attached to an aromatic ring is 1. The van der Waals surface area contributed by atoms with Gasteiger partial charge in [0.05, 0.1) is 6.54 Å². The standard InChI is InChI=1S/C17H22N4O3/c1-10-6-7-12(8-11(10)2)19(3)9-13(22)14-15(18)20(4)17(24)21(5)16(14)23/h6-8H,9,18H2,1-5H3. The molecule has 1 heterocycles. The fraction of sp³-hybridized carbons (Fsp3) is 0.353. The number of aromatic nitrogens is 2. The molecule has 0 saturated carbocycles. The Morgan fingerprint density at radius 3 is 2.33 bits per heavy atom. The number of nitrogens with two attached hydrogens (primary N) is 1. The Kier molecular flexibility index (Phi) is 4.64. The number of hydrogen-bond donors (Lipinski definition) is 1. The van der Waals surface area contributed by atoms with Crippen molar-refractivity contribution in [2.24, 2.45) is 14.1 Å². The molecule has 2 N–H and O–H groups in total. The molecule has 0 radical (unpaired) electrons. The van der Waals surface area contributed by atoms with Crippen LogP contribution in [0.2, 0.25) is 0 Å². The van der Waals surface area contributed by atoms with Gasteiger partial charge in [-0.1, -0.05) is 6.07 Å². The molecule has 128 valence electrons. The van der Waals surface area contributed by atoms with E-state index < -0.39 is 17.0 Å². The average Bonchev–Trinajstić information content (AvgIpc) is 2.53. The van der Waals surface area contributed by atoms with Crippen molar-refractivity contribution >= 4 is 17.3 Å². The van der Waals surface area contributed by atoms with E-state index in [0.717, 1.165) is 25.9 Å². The molecule has 0 aliphatic carbocycles. The Bertz CT molecular complexity index is 925. The normalized spacial score (nSPS) is 10.7. The number of hydrogen-bond acceptors (Lipinski definition) is 5. The minimum absolute atomic E-state index is 0.0137. The Morgan fingerprint density at radius 1 is 1.12 bits per heavy atom. The molecule has 0 saturated heterocycles. The summed E-state index contributed by atoms with van der Waals surface area (Å²) in [5.41, 5.74) is 7.58. The maximum Gasteiger partial charge on any atom is 0.332 e. The number of ketones is 1. The zero-order valence-electron chi connectivity index (χ0n) is 14.6. The van der Waals surface area contributed by atoms with Crippen molar-refractivity contribution < 1.29 is 4.79 Å². The van der Waals surface area contributed by atoms with Gasteiger partial charge in [0, 0.05) is 26.8 Å². The zero-order valence-corrected chi connectivity index (χ0v) is 14.6. The van der Waals surface area contributed by atoms with E-state index in [0.29, 0.717) is 0 Å². The summed E-state index contributed by atoms with van der Waals surface area (Å²) in [6, 6.07) is 5.87. The minimum Gasteiger partial charge on any atom is -0.384 e. The van der Waals surface area contributed by atoms with Crippen molar-refractivity contribution in [3.8, 4) is 0 Å². The summed E-state index contributed by atoms with van der Waals surface area (Å²) in [6.45, 7) is 3.99. The SMILES string of the molecule is Cc1ccc(N(C)CC(=O)c2c(N)n(C)c(=O)n(C)c2=O)cc1C. The third-order valence-corrected chi connectivity index (χ3v) is 4.30. The van der Waals surface area contributed by atoms with Crippen LogP contribution in [0.1, 0.15) is 21.5 Å². The lowest BCUT2D eigenvalue weighted by Gasteiger charge is -2.20. The monoisotopic (exact) mass is 330 g/mol. The second kappa shape index (κ2) is 6.35. The van der Waals surface area contributed by atoms with Crippen molar-refractivity contribution in [3.63, 3.8) is 0 Å². The largest absolute Gasteiger partial charge is 0.384 e. The van der Waals surface area contributed by atoms with Crippen LogP contribution in [-0.4, -0.2) is 28.5 Å². The van der Waals surface area contributed by atoms with E-state index in [2.05, 4.69) is 0 Å². The first-order valence-corrected chi connectivity index (χ1v) is 7.52. The molecule has 0 spiro atoms. The Hall–Kier alpha value is -2.83. The van der Waals surface area contributed by atoms with Gasteiger partial charge in [-0.05, 0) is 37.1 Å². The minimum atomic E-state index is -0.672. The van der Waals surface area contributed by atoms with Gasteiger partial charge in [-0.2, -0.15) is 0 Å². The number of likely N-dealkylation sites (N-methyl/N-ethyl adjacent to an activating group) is 1. The van der Waals surface area contributed by atoms with E-state index in [1.807, 2.05) is 32.0 Å². The highest BCUT2D eigenvalue weighted by atomic mass is 16.2. The van der Waals surface area contributed by atoms with E-state index in [-0.39, 0.29) is 17.9 Å². The van der Waals surface area contributed by atoms with E-state index in [9.17, 15) is 14.4 Å². The van der Waals surface area contributed by atoms with Crippen molar-refractivity contribution in [1.29, 1.82) is 0 Å². The summed E-state index contributed by atoms with van der Waals surface area (Å²) in [5.74, 6) is -0.536. The van der Waals surface area contributed by atoms with Crippen LogP contribution >= 0.6 is 0 Å². The van der Waals surface area contributed by atoms with Crippen LogP contribution in [0.5, 0.6) is 0 Å². The fourth-order valence-corrected chi connectivity index (χ4v) is 2.47. The summed E-state index contributed by atoms with van der Waals surface area (Å²) in [5, 5.41) is 0. The molecule has 0 unspecified atom stereocenters. The summed E-state index contributed by atoms with van der Waals surface area (Å²) < 4.78 is 1.99. The predicted octanol–water partition coefficient (Wildman–Crippen LogP) is 0.602. The van der Waals surface area contributed by atoms with Crippen LogP contribution in [0.3, 0.4) is 0 Å². The van der Waals surface area contributed by atoms with Crippen LogP contribution in [0.15, 0.2) is 27.8 Å². The van der Waals surface area contributed by atoms with Gasteiger partial charge in [-0.25, -0.2) is 4.79 Å².